The molecule has 2 unspecified atom stereocenters. The van der Waals surface area contributed by atoms with Gasteiger partial charge in [0.1, 0.15) is 5.82 Å². The lowest BCUT2D eigenvalue weighted by Gasteiger charge is -2.21. The van der Waals surface area contributed by atoms with Crippen molar-refractivity contribution < 1.29 is 0 Å². The molecule has 0 spiro atoms. The summed E-state index contributed by atoms with van der Waals surface area (Å²) in [5, 5.41) is 2.56. The summed E-state index contributed by atoms with van der Waals surface area (Å²) in [6, 6.07) is 15.8. The van der Waals surface area contributed by atoms with Gasteiger partial charge in [0.05, 0.1) is 16.7 Å². The van der Waals surface area contributed by atoms with Crippen molar-refractivity contribution in [3.8, 4) is 0 Å². The SMILES string of the molecule is C/C=C\C=C/Cc1nc2cc(C3C=CC(C4=CCc5c(c(C6=CC=C=CC=C6)c6ccccc6c5C5=CC=CCC=C5)C=C4)=CC3)ccc2n1C1=CC(C)CC=C=C1. The molecule has 0 aliphatic heterocycles. The van der Waals surface area contributed by atoms with Crippen LogP contribution in [0.3, 0.4) is 0 Å². The zero-order valence-corrected chi connectivity index (χ0v) is 33.4. The molecule has 58 heavy (non-hydrogen) atoms. The summed E-state index contributed by atoms with van der Waals surface area (Å²) in [5.41, 5.74) is 21.5. The number of imidazole rings is 1. The van der Waals surface area contributed by atoms with E-state index in [0.717, 1.165) is 54.7 Å². The van der Waals surface area contributed by atoms with Crippen molar-refractivity contribution >= 4 is 44.7 Å². The topological polar surface area (TPSA) is 17.8 Å². The number of nitrogens with zero attached hydrogens (tertiary/aromatic N) is 2. The Hall–Kier alpha value is -6.69. The molecule has 2 heteroatoms. The second-order valence-corrected chi connectivity index (χ2v) is 15.5. The second kappa shape index (κ2) is 16.8. The predicted octanol–water partition coefficient (Wildman–Crippen LogP) is 14.2. The number of aromatic nitrogens is 2. The smallest absolute Gasteiger partial charge is 0.118 e. The van der Waals surface area contributed by atoms with Gasteiger partial charge in [-0.05, 0) is 136 Å². The fraction of sp³-hybridized carbons (Fsp3) is 0.161. The van der Waals surface area contributed by atoms with Crippen LogP contribution in [0.1, 0.15) is 72.7 Å². The molecule has 0 saturated heterocycles. The minimum absolute atomic E-state index is 0.282. The highest BCUT2D eigenvalue weighted by molar-refractivity contribution is 6.08. The first kappa shape index (κ1) is 36.9. The lowest BCUT2D eigenvalue weighted by Crippen LogP contribution is -2.03. The number of hydrogen-bond acceptors (Lipinski definition) is 1. The van der Waals surface area contributed by atoms with Crippen molar-refractivity contribution in [2.45, 2.75) is 51.9 Å². The van der Waals surface area contributed by atoms with E-state index in [9.17, 15) is 0 Å². The van der Waals surface area contributed by atoms with Crippen molar-refractivity contribution in [2.75, 3.05) is 0 Å². The van der Waals surface area contributed by atoms with Crippen LogP contribution in [-0.2, 0) is 12.8 Å². The highest BCUT2D eigenvalue weighted by Crippen LogP contribution is 2.43. The monoisotopic (exact) mass is 748 g/mol. The average Bonchev–Trinajstić information content (AvgIpc) is 3.68. The Bertz CT molecular complexity index is 2840. The van der Waals surface area contributed by atoms with E-state index in [1.807, 2.05) is 19.1 Å². The van der Waals surface area contributed by atoms with Crippen LogP contribution in [0.5, 0.6) is 0 Å². The lowest BCUT2D eigenvalue weighted by molar-refractivity contribution is 0.744. The molecule has 0 amide bonds. The van der Waals surface area contributed by atoms with Gasteiger partial charge < -0.3 is 0 Å². The van der Waals surface area contributed by atoms with Crippen molar-refractivity contribution in [1.29, 1.82) is 0 Å². The van der Waals surface area contributed by atoms with Gasteiger partial charge in [-0.25, -0.2) is 4.98 Å². The molecule has 0 saturated carbocycles. The van der Waals surface area contributed by atoms with Crippen LogP contribution < -0.4 is 0 Å². The van der Waals surface area contributed by atoms with Crippen LogP contribution in [-0.4, -0.2) is 9.55 Å². The van der Waals surface area contributed by atoms with Gasteiger partial charge in [-0.2, -0.15) is 0 Å². The van der Waals surface area contributed by atoms with Gasteiger partial charge in [0.25, 0.3) is 0 Å². The van der Waals surface area contributed by atoms with Crippen LogP contribution in [0.25, 0.3) is 44.7 Å². The fourth-order valence-corrected chi connectivity index (χ4v) is 8.78. The zero-order valence-electron chi connectivity index (χ0n) is 33.4. The van der Waals surface area contributed by atoms with E-state index in [1.165, 1.54) is 60.9 Å². The van der Waals surface area contributed by atoms with Crippen molar-refractivity contribution in [3.63, 3.8) is 0 Å². The van der Waals surface area contributed by atoms with E-state index < -0.39 is 0 Å². The van der Waals surface area contributed by atoms with Gasteiger partial charge in [0.2, 0.25) is 0 Å². The molecule has 2 atom stereocenters. The molecule has 1 heterocycles. The van der Waals surface area contributed by atoms with E-state index in [-0.39, 0.29) is 5.92 Å². The molecule has 0 bridgehead atoms. The van der Waals surface area contributed by atoms with Gasteiger partial charge in [-0.15, -0.1) is 11.5 Å². The van der Waals surface area contributed by atoms with Crippen LogP contribution in [0.15, 0.2) is 199 Å². The number of fused-ring (bicyclic) bond motifs is 3. The third-order valence-electron chi connectivity index (χ3n) is 11.6. The Morgan fingerprint density at radius 3 is 2.57 bits per heavy atom. The standard InChI is InChI=1S/C56H48N2/c1-3-4-5-14-27-54-57-52-39-46(34-37-53(52)58(54)47-24-16-15-19-40(2)38-47)43-30-28-41(29-31-43)42-32-35-50-51(36-33-42)56(45-22-12-8-9-13-23-45)49-26-18-17-25-48(49)55(50)44-20-10-6-7-11-21-44/h3-6,8,10-15,17-18,20-26,28-30,32-34,36-40,43H,7,19,27,31,35H2,1-2H3/b4-3-,14-5-. The molecule has 5 aliphatic carbocycles. The molecule has 5 aliphatic rings. The van der Waals surface area contributed by atoms with Crippen molar-refractivity contribution in [3.05, 3.63) is 232 Å². The summed E-state index contributed by atoms with van der Waals surface area (Å²) in [6.07, 6.45) is 55.6. The van der Waals surface area contributed by atoms with Crippen LogP contribution >= 0.6 is 0 Å². The maximum absolute atomic E-state index is 5.23. The molecule has 0 fully saturated rings. The summed E-state index contributed by atoms with van der Waals surface area (Å²) in [4.78, 5) is 5.23. The maximum atomic E-state index is 5.23. The largest absolute Gasteiger partial charge is 0.296 e. The molecule has 3 aromatic carbocycles. The number of benzene rings is 3. The predicted molar refractivity (Wildman–Crippen MR) is 248 cm³/mol. The van der Waals surface area contributed by atoms with Gasteiger partial charge in [0.15, 0.2) is 0 Å². The molecule has 9 rings (SSSR count). The number of hydrogen-bond donors (Lipinski definition) is 0. The highest BCUT2D eigenvalue weighted by atomic mass is 15.1. The summed E-state index contributed by atoms with van der Waals surface area (Å²) in [6.45, 7) is 4.31. The first-order valence-corrected chi connectivity index (χ1v) is 20.8. The fourth-order valence-electron chi connectivity index (χ4n) is 8.78. The first-order chi connectivity index (χ1) is 28.7. The third-order valence-corrected chi connectivity index (χ3v) is 11.6. The van der Waals surface area contributed by atoms with Crippen LogP contribution in [0.4, 0.5) is 0 Å². The molecular weight excluding hydrogens is 701 g/mol. The van der Waals surface area contributed by atoms with Crippen LogP contribution in [0.2, 0.25) is 0 Å². The number of rotatable bonds is 8. The molecule has 1 aromatic heterocycles. The van der Waals surface area contributed by atoms with Crippen molar-refractivity contribution in [1.82, 2.24) is 9.55 Å². The van der Waals surface area contributed by atoms with E-state index in [0.29, 0.717) is 5.92 Å². The number of allylic oxidation sites excluding steroid dienone is 25. The van der Waals surface area contributed by atoms with E-state index >= 15 is 0 Å². The first-order valence-electron chi connectivity index (χ1n) is 20.8. The second-order valence-electron chi connectivity index (χ2n) is 15.5. The van der Waals surface area contributed by atoms with Gasteiger partial charge in [-0.3, -0.25) is 4.57 Å². The van der Waals surface area contributed by atoms with Gasteiger partial charge in [0, 0.05) is 18.4 Å². The molecule has 4 aromatic rings. The molecule has 0 radical (unpaired) electrons. The maximum Gasteiger partial charge on any atom is 0.118 e. The normalized spacial score (nSPS) is 19.9. The van der Waals surface area contributed by atoms with E-state index in [4.69, 9.17) is 4.98 Å². The summed E-state index contributed by atoms with van der Waals surface area (Å²) < 4.78 is 2.33. The Balaban J connectivity index is 1.05. The Morgan fingerprint density at radius 2 is 1.69 bits per heavy atom. The Kier molecular flexibility index (Phi) is 10.7. The van der Waals surface area contributed by atoms with Gasteiger partial charge >= 0.3 is 0 Å². The van der Waals surface area contributed by atoms with E-state index in [2.05, 4.69) is 193 Å². The van der Waals surface area contributed by atoms with E-state index in [1.54, 1.807) is 0 Å². The summed E-state index contributed by atoms with van der Waals surface area (Å²) in [5.74, 6) is 1.76. The minimum Gasteiger partial charge on any atom is -0.296 e. The van der Waals surface area contributed by atoms with Crippen molar-refractivity contribution in [2.24, 2.45) is 5.92 Å². The lowest BCUT2D eigenvalue weighted by atomic mass is 9.82. The minimum atomic E-state index is 0.282. The molecule has 0 N–H and O–H groups in total. The highest BCUT2D eigenvalue weighted by Gasteiger charge is 2.23. The Labute approximate surface area is 343 Å². The van der Waals surface area contributed by atoms with Gasteiger partial charge in [-0.1, -0.05) is 147 Å². The average molecular weight is 749 g/mol. The molecular formula is C56H48N2. The quantitative estimate of drug-likeness (QED) is 0.130. The third kappa shape index (κ3) is 7.45. The zero-order chi connectivity index (χ0) is 39.3. The summed E-state index contributed by atoms with van der Waals surface area (Å²) >= 11 is 0. The molecule has 282 valence electrons. The Morgan fingerprint density at radius 1 is 0.810 bits per heavy atom. The molecule has 2 nitrogen and oxygen atoms in total. The van der Waals surface area contributed by atoms with Crippen LogP contribution in [0, 0.1) is 5.92 Å². The summed E-state index contributed by atoms with van der Waals surface area (Å²) in [7, 11) is 0.